The normalized spacial score (nSPS) is 14.7. The Labute approximate surface area is 159 Å². The lowest BCUT2D eigenvalue weighted by Gasteiger charge is -2.34. The molecule has 0 atom stereocenters. The third kappa shape index (κ3) is 4.78. The minimum Gasteiger partial charge on any atom is -0.450 e. The molecule has 2 aromatic rings. The van der Waals surface area contributed by atoms with Gasteiger partial charge in [0.05, 0.1) is 18.4 Å². The summed E-state index contributed by atoms with van der Waals surface area (Å²) < 4.78 is 42.9. The van der Waals surface area contributed by atoms with Crippen LogP contribution in [0.2, 0.25) is 0 Å². The first-order chi connectivity index (χ1) is 13.4. The SMILES string of the molecule is CCOC(=O)N1CCN(c2cnnc(Nc3ccc(C(F)(F)F)cc3)n2)CC1. The number of aromatic nitrogens is 3. The number of hydrogen-bond acceptors (Lipinski definition) is 7. The van der Waals surface area contributed by atoms with Crippen molar-refractivity contribution in [3.8, 4) is 0 Å². The fourth-order valence-corrected chi connectivity index (χ4v) is 2.70. The van der Waals surface area contributed by atoms with Crippen molar-refractivity contribution in [3.63, 3.8) is 0 Å². The van der Waals surface area contributed by atoms with E-state index in [1.807, 2.05) is 4.90 Å². The predicted molar refractivity (Wildman–Crippen MR) is 95.4 cm³/mol. The monoisotopic (exact) mass is 396 g/mol. The van der Waals surface area contributed by atoms with Crippen molar-refractivity contribution in [1.29, 1.82) is 0 Å². The van der Waals surface area contributed by atoms with Crippen molar-refractivity contribution >= 4 is 23.5 Å². The highest BCUT2D eigenvalue weighted by molar-refractivity contribution is 5.68. The van der Waals surface area contributed by atoms with E-state index in [9.17, 15) is 18.0 Å². The highest BCUT2D eigenvalue weighted by atomic mass is 19.4. The van der Waals surface area contributed by atoms with Gasteiger partial charge in [-0.2, -0.15) is 23.3 Å². The molecule has 1 fully saturated rings. The van der Waals surface area contributed by atoms with Crippen molar-refractivity contribution in [3.05, 3.63) is 36.0 Å². The average molecular weight is 396 g/mol. The Morgan fingerprint density at radius 2 is 1.86 bits per heavy atom. The van der Waals surface area contributed by atoms with Crippen LogP contribution in [0.1, 0.15) is 12.5 Å². The number of anilines is 3. The third-order valence-electron chi connectivity index (χ3n) is 4.14. The molecular formula is C17H19F3N6O2. The van der Waals surface area contributed by atoms with Crippen molar-refractivity contribution < 1.29 is 22.7 Å². The first-order valence-electron chi connectivity index (χ1n) is 8.67. The molecule has 3 rings (SSSR count). The van der Waals surface area contributed by atoms with Crippen LogP contribution in [0.15, 0.2) is 30.5 Å². The number of ether oxygens (including phenoxy) is 1. The number of hydrogen-bond donors (Lipinski definition) is 1. The summed E-state index contributed by atoms with van der Waals surface area (Å²) in [5.41, 5.74) is -0.315. The molecule has 1 aromatic carbocycles. The maximum Gasteiger partial charge on any atom is 0.416 e. The van der Waals surface area contributed by atoms with E-state index in [0.29, 0.717) is 44.3 Å². The van der Waals surface area contributed by atoms with E-state index in [1.165, 1.54) is 18.3 Å². The molecule has 1 aliphatic rings. The summed E-state index contributed by atoms with van der Waals surface area (Å²) in [6.07, 6.45) is -3.23. The second-order valence-electron chi connectivity index (χ2n) is 6.01. The van der Waals surface area contributed by atoms with Gasteiger partial charge < -0.3 is 19.9 Å². The molecule has 1 aromatic heterocycles. The topological polar surface area (TPSA) is 83.5 Å². The number of nitrogens with zero attached hydrogens (tertiary/aromatic N) is 5. The standard InChI is InChI=1S/C17H19F3N6O2/c1-2-28-16(27)26-9-7-25(8-10-26)14-11-21-24-15(23-14)22-13-5-3-12(4-6-13)17(18,19)20/h3-6,11H,2,7-10H2,1H3,(H,22,23,24). The molecule has 150 valence electrons. The number of amides is 1. The zero-order valence-electron chi connectivity index (χ0n) is 15.1. The molecule has 28 heavy (non-hydrogen) atoms. The predicted octanol–water partition coefficient (Wildman–Crippen LogP) is 2.91. The second-order valence-corrected chi connectivity index (χ2v) is 6.01. The van der Waals surface area contributed by atoms with Crippen molar-refractivity contribution in [2.24, 2.45) is 0 Å². The molecule has 2 heterocycles. The molecule has 1 N–H and O–H groups in total. The lowest BCUT2D eigenvalue weighted by molar-refractivity contribution is -0.137. The maximum absolute atomic E-state index is 12.6. The van der Waals surface area contributed by atoms with Crippen LogP contribution in [0.4, 0.5) is 35.4 Å². The number of halogens is 3. The fourth-order valence-electron chi connectivity index (χ4n) is 2.70. The zero-order valence-corrected chi connectivity index (χ0v) is 15.1. The average Bonchev–Trinajstić information content (AvgIpc) is 2.68. The summed E-state index contributed by atoms with van der Waals surface area (Å²) >= 11 is 0. The number of benzene rings is 1. The summed E-state index contributed by atoms with van der Waals surface area (Å²) in [5, 5.41) is 10.6. The van der Waals surface area contributed by atoms with Gasteiger partial charge in [0.25, 0.3) is 0 Å². The van der Waals surface area contributed by atoms with Crippen molar-refractivity contribution in [2.75, 3.05) is 43.0 Å². The van der Waals surface area contributed by atoms with Crippen LogP contribution in [-0.2, 0) is 10.9 Å². The number of carbonyl (C=O) groups is 1. The fraction of sp³-hybridized carbons (Fsp3) is 0.412. The largest absolute Gasteiger partial charge is 0.450 e. The number of nitrogens with one attached hydrogen (secondary N) is 1. The molecule has 0 bridgehead atoms. The van der Waals surface area contributed by atoms with E-state index in [4.69, 9.17) is 4.74 Å². The highest BCUT2D eigenvalue weighted by Crippen LogP contribution is 2.30. The van der Waals surface area contributed by atoms with Crippen LogP contribution in [-0.4, -0.2) is 59.0 Å². The molecule has 1 aliphatic heterocycles. The van der Waals surface area contributed by atoms with Crippen LogP contribution in [0.5, 0.6) is 0 Å². The van der Waals surface area contributed by atoms with Gasteiger partial charge in [-0.15, -0.1) is 5.10 Å². The molecule has 8 nitrogen and oxygen atoms in total. The van der Waals surface area contributed by atoms with E-state index >= 15 is 0 Å². The molecule has 0 spiro atoms. The van der Waals surface area contributed by atoms with Crippen molar-refractivity contribution in [1.82, 2.24) is 20.1 Å². The number of piperazine rings is 1. The van der Waals surface area contributed by atoms with Gasteiger partial charge in [0.1, 0.15) is 0 Å². The molecule has 0 aliphatic carbocycles. The molecule has 11 heteroatoms. The Morgan fingerprint density at radius 3 is 2.46 bits per heavy atom. The molecule has 1 amide bonds. The summed E-state index contributed by atoms with van der Waals surface area (Å²) in [6, 6.07) is 4.57. The van der Waals surface area contributed by atoms with Crippen LogP contribution in [0, 0.1) is 0 Å². The first-order valence-corrected chi connectivity index (χ1v) is 8.67. The van der Waals surface area contributed by atoms with E-state index in [-0.39, 0.29) is 12.0 Å². The van der Waals surface area contributed by atoms with Gasteiger partial charge in [-0.05, 0) is 31.2 Å². The Hall–Kier alpha value is -3.11. The van der Waals surface area contributed by atoms with Crippen LogP contribution in [0.25, 0.3) is 0 Å². The summed E-state index contributed by atoms with van der Waals surface area (Å²) in [6.45, 7) is 4.17. The van der Waals surface area contributed by atoms with Gasteiger partial charge in [0.15, 0.2) is 5.82 Å². The van der Waals surface area contributed by atoms with Gasteiger partial charge in [0.2, 0.25) is 5.95 Å². The molecule has 0 radical (unpaired) electrons. The Balaban J connectivity index is 1.62. The van der Waals surface area contributed by atoms with E-state index in [2.05, 4.69) is 20.5 Å². The molecule has 0 unspecified atom stereocenters. The maximum atomic E-state index is 12.6. The summed E-state index contributed by atoms with van der Waals surface area (Å²) in [5.74, 6) is 0.734. The zero-order chi connectivity index (χ0) is 20.1. The Kier molecular flexibility index (Phi) is 5.81. The van der Waals surface area contributed by atoms with Crippen LogP contribution >= 0.6 is 0 Å². The molecule has 1 saturated heterocycles. The Bertz CT molecular complexity index is 807. The van der Waals surface area contributed by atoms with Gasteiger partial charge in [-0.3, -0.25) is 0 Å². The van der Waals surface area contributed by atoms with E-state index in [1.54, 1.807) is 11.8 Å². The lowest BCUT2D eigenvalue weighted by Crippen LogP contribution is -2.49. The number of alkyl halides is 3. The van der Waals surface area contributed by atoms with Gasteiger partial charge in [-0.1, -0.05) is 0 Å². The molecular weight excluding hydrogens is 377 g/mol. The quantitative estimate of drug-likeness (QED) is 0.851. The first kappa shape index (κ1) is 19.6. The van der Waals surface area contributed by atoms with E-state index < -0.39 is 11.7 Å². The summed E-state index contributed by atoms with van der Waals surface area (Å²) in [4.78, 5) is 19.7. The minimum atomic E-state index is -4.39. The van der Waals surface area contributed by atoms with Gasteiger partial charge in [0, 0.05) is 31.9 Å². The highest BCUT2D eigenvalue weighted by Gasteiger charge is 2.30. The number of rotatable bonds is 4. The van der Waals surface area contributed by atoms with E-state index in [0.717, 1.165) is 12.1 Å². The number of carbonyl (C=O) groups excluding carboxylic acids is 1. The third-order valence-corrected chi connectivity index (χ3v) is 4.14. The van der Waals surface area contributed by atoms with Crippen LogP contribution in [0.3, 0.4) is 0 Å². The van der Waals surface area contributed by atoms with Crippen LogP contribution < -0.4 is 10.2 Å². The molecule has 0 saturated carbocycles. The smallest absolute Gasteiger partial charge is 0.416 e. The Morgan fingerprint density at radius 1 is 1.18 bits per heavy atom. The minimum absolute atomic E-state index is 0.171. The summed E-state index contributed by atoms with van der Waals surface area (Å²) in [7, 11) is 0. The van der Waals surface area contributed by atoms with Gasteiger partial charge >= 0.3 is 12.3 Å². The van der Waals surface area contributed by atoms with Gasteiger partial charge in [-0.25, -0.2) is 4.79 Å². The van der Waals surface area contributed by atoms with Crippen molar-refractivity contribution in [2.45, 2.75) is 13.1 Å². The lowest BCUT2D eigenvalue weighted by atomic mass is 10.2. The second kappa shape index (κ2) is 8.28.